The Bertz CT molecular complexity index is 568. The van der Waals surface area contributed by atoms with Gasteiger partial charge in [-0.2, -0.15) is 0 Å². The van der Waals surface area contributed by atoms with E-state index in [1.807, 2.05) is 30.3 Å². The summed E-state index contributed by atoms with van der Waals surface area (Å²) in [5, 5.41) is 0. The summed E-state index contributed by atoms with van der Waals surface area (Å²) in [4.78, 5) is 15.7. The molecule has 0 aliphatic carbocycles. The number of pyridine rings is 1. The van der Waals surface area contributed by atoms with Gasteiger partial charge in [0, 0.05) is 11.8 Å². The van der Waals surface area contributed by atoms with Crippen LogP contribution in [-0.2, 0) is 16.0 Å². The first-order chi connectivity index (χ1) is 9.20. The van der Waals surface area contributed by atoms with Crippen LogP contribution in [0.1, 0.15) is 12.5 Å². The number of carbonyl (C=O) groups is 1. The minimum atomic E-state index is -0.259. The van der Waals surface area contributed by atoms with Crippen molar-refractivity contribution in [3.05, 3.63) is 48.2 Å². The highest BCUT2D eigenvalue weighted by molar-refractivity contribution is 5.78. The number of nitrogen functional groups attached to an aromatic ring is 1. The zero-order chi connectivity index (χ0) is 13.7. The van der Waals surface area contributed by atoms with Crippen LogP contribution >= 0.6 is 0 Å². The molecule has 0 aliphatic heterocycles. The molecule has 0 atom stereocenters. The van der Waals surface area contributed by atoms with Gasteiger partial charge in [-0.15, -0.1) is 0 Å². The van der Waals surface area contributed by atoms with Gasteiger partial charge < -0.3 is 10.5 Å². The van der Waals surface area contributed by atoms with E-state index >= 15 is 0 Å². The van der Waals surface area contributed by atoms with E-state index in [2.05, 4.69) is 4.98 Å². The SMILES string of the molecule is CCOC(=O)Cc1cc(N)ncc1-c1ccccc1. The molecule has 19 heavy (non-hydrogen) atoms. The number of nitrogens with zero attached hydrogens (tertiary/aromatic N) is 1. The van der Waals surface area contributed by atoms with Crippen molar-refractivity contribution in [2.75, 3.05) is 12.3 Å². The maximum Gasteiger partial charge on any atom is 0.310 e. The largest absolute Gasteiger partial charge is 0.466 e. The predicted octanol–water partition coefficient (Wildman–Crippen LogP) is 2.44. The van der Waals surface area contributed by atoms with Crippen molar-refractivity contribution in [3.8, 4) is 11.1 Å². The van der Waals surface area contributed by atoms with Crippen LogP contribution in [-0.4, -0.2) is 17.6 Å². The molecule has 0 fully saturated rings. The summed E-state index contributed by atoms with van der Waals surface area (Å²) in [6.45, 7) is 2.16. The van der Waals surface area contributed by atoms with Gasteiger partial charge in [-0.25, -0.2) is 4.98 Å². The molecular weight excluding hydrogens is 240 g/mol. The molecule has 1 aromatic heterocycles. The monoisotopic (exact) mass is 256 g/mol. The molecule has 0 spiro atoms. The van der Waals surface area contributed by atoms with Gasteiger partial charge in [0.1, 0.15) is 5.82 Å². The number of esters is 1. The van der Waals surface area contributed by atoms with Gasteiger partial charge in [-0.3, -0.25) is 4.79 Å². The van der Waals surface area contributed by atoms with Gasteiger partial charge in [-0.1, -0.05) is 30.3 Å². The van der Waals surface area contributed by atoms with Crippen LogP contribution in [0.4, 0.5) is 5.82 Å². The second-order valence-electron chi connectivity index (χ2n) is 4.11. The predicted molar refractivity (Wildman–Crippen MR) is 74.4 cm³/mol. The first-order valence-corrected chi connectivity index (χ1v) is 6.16. The molecule has 4 nitrogen and oxygen atoms in total. The number of nitrogens with two attached hydrogens (primary N) is 1. The van der Waals surface area contributed by atoms with E-state index in [-0.39, 0.29) is 12.4 Å². The highest BCUT2D eigenvalue weighted by atomic mass is 16.5. The average molecular weight is 256 g/mol. The molecule has 0 radical (unpaired) electrons. The standard InChI is InChI=1S/C15H16N2O2/c1-2-19-15(18)9-12-8-14(16)17-10-13(12)11-6-4-3-5-7-11/h3-8,10H,2,9H2,1H3,(H2,16,17). The number of anilines is 1. The zero-order valence-electron chi connectivity index (χ0n) is 10.8. The van der Waals surface area contributed by atoms with Gasteiger partial charge >= 0.3 is 5.97 Å². The second kappa shape index (κ2) is 6.00. The molecule has 1 aromatic carbocycles. The normalized spacial score (nSPS) is 10.2. The molecule has 2 rings (SSSR count). The maximum absolute atomic E-state index is 11.6. The maximum atomic E-state index is 11.6. The summed E-state index contributed by atoms with van der Waals surface area (Å²) in [6, 6.07) is 11.5. The summed E-state index contributed by atoms with van der Waals surface area (Å²) in [5.41, 5.74) is 8.44. The van der Waals surface area contributed by atoms with Crippen molar-refractivity contribution < 1.29 is 9.53 Å². The summed E-state index contributed by atoms with van der Waals surface area (Å²) in [6.07, 6.45) is 1.89. The fourth-order valence-electron chi connectivity index (χ4n) is 1.91. The Morgan fingerprint density at radius 1 is 1.32 bits per heavy atom. The Kier molecular flexibility index (Phi) is 4.13. The van der Waals surface area contributed by atoms with Crippen LogP contribution in [0.25, 0.3) is 11.1 Å². The van der Waals surface area contributed by atoms with E-state index in [9.17, 15) is 4.79 Å². The van der Waals surface area contributed by atoms with Crippen molar-refractivity contribution in [2.24, 2.45) is 0 Å². The molecule has 98 valence electrons. The summed E-state index contributed by atoms with van der Waals surface area (Å²) in [7, 11) is 0. The van der Waals surface area contributed by atoms with E-state index in [4.69, 9.17) is 10.5 Å². The molecule has 0 saturated carbocycles. The number of hydrogen-bond acceptors (Lipinski definition) is 4. The molecule has 0 saturated heterocycles. The second-order valence-corrected chi connectivity index (χ2v) is 4.11. The molecular formula is C15H16N2O2. The smallest absolute Gasteiger partial charge is 0.310 e. The first-order valence-electron chi connectivity index (χ1n) is 6.16. The molecule has 2 aromatic rings. The fraction of sp³-hybridized carbons (Fsp3) is 0.200. The van der Waals surface area contributed by atoms with E-state index < -0.39 is 0 Å². The van der Waals surface area contributed by atoms with Crippen molar-refractivity contribution in [1.29, 1.82) is 0 Å². The third-order valence-electron chi connectivity index (χ3n) is 2.74. The number of benzene rings is 1. The first kappa shape index (κ1) is 13.1. The minimum absolute atomic E-state index is 0.199. The van der Waals surface area contributed by atoms with Crippen LogP contribution in [0.5, 0.6) is 0 Å². The minimum Gasteiger partial charge on any atom is -0.466 e. The van der Waals surface area contributed by atoms with Gasteiger partial charge in [0.25, 0.3) is 0 Å². The number of ether oxygens (including phenoxy) is 1. The van der Waals surface area contributed by atoms with Crippen molar-refractivity contribution in [2.45, 2.75) is 13.3 Å². The van der Waals surface area contributed by atoms with Gasteiger partial charge in [0.05, 0.1) is 13.0 Å². The lowest BCUT2D eigenvalue weighted by Gasteiger charge is -2.09. The Morgan fingerprint density at radius 3 is 2.74 bits per heavy atom. The quantitative estimate of drug-likeness (QED) is 0.853. The van der Waals surface area contributed by atoms with E-state index in [0.29, 0.717) is 12.4 Å². The van der Waals surface area contributed by atoms with Crippen LogP contribution in [0.3, 0.4) is 0 Å². The third-order valence-corrected chi connectivity index (χ3v) is 2.74. The fourth-order valence-corrected chi connectivity index (χ4v) is 1.91. The van der Waals surface area contributed by atoms with Crippen LogP contribution in [0.15, 0.2) is 42.6 Å². The van der Waals surface area contributed by atoms with Crippen LogP contribution in [0, 0.1) is 0 Å². The number of carbonyl (C=O) groups excluding carboxylic acids is 1. The third kappa shape index (κ3) is 3.31. The van der Waals surface area contributed by atoms with Gasteiger partial charge in [0.15, 0.2) is 0 Å². The molecule has 2 N–H and O–H groups in total. The lowest BCUT2D eigenvalue weighted by molar-refractivity contribution is -0.142. The Morgan fingerprint density at radius 2 is 2.05 bits per heavy atom. The summed E-state index contributed by atoms with van der Waals surface area (Å²) >= 11 is 0. The Hall–Kier alpha value is -2.36. The van der Waals surface area contributed by atoms with E-state index in [1.165, 1.54) is 0 Å². The highest BCUT2D eigenvalue weighted by Gasteiger charge is 2.11. The molecule has 0 unspecified atom stereocenters. The molecule has 0 bridgehead atoms. The topological polar surface area (TPSA) is 65.2 Å². The van der Waals surface area contributed by atoms with E-state index in [1.54, 1.807) is 19.2 Å². The Labute approximate surface area is 112 Å². The van der Waals surface area contributed by atoms with Crippen molar-refractivity contribution in [1.82, 2.24) is 4.98 Å². The van der Waals surface area contributed by atoms with Gasteiger partial charge in [0.2, 0.25) is 0 Å². The Balaban J connectivity index is 2.36. The lowest BCUT2D eigenvalue weighted by atomic mass is 10.00. The lowest BCUT2D eigenvalue weighted by Crippen LogP contribution is -2.09. The molecule has 0 amide bonds. The van der Waals surface area contributed by atoms with E-state index in [0.717, 1.165) is 16.7 Å². The molecule has 1 heterocycles. The average Bonchev–Trinajstić information content (AvgIpc) is 2.40. The number of hydrogen-bond donors (Lipinski definition) is 1. The van der Waals surface area contributed by atoms with Crippen LogP contribution in [0.2, 0.25) is 0 Å². The van der Waals surface area contributed by atoms with Crippen LogP contribution < -0.4 is 5.73 Å². The molecule has 4 heteroatoms. The number of rotatable bonds is 4. The zero-order valence-corrected chi connectivity index (χ0v) is 10.8. The highest BCUT2D eigenvalue weighted by Crippen LogP contribution is 2.24. The number of aromatic nitrogens is 1. The van der Waals surface area contributed by atoms with Gasteiger partial charge in [-0.05, 0) is 24.1 Å². The van der Waals surface area contributed by atoms with Crippen molar-refractivity contribution in [3.63, 3.8) is 0 Å². The molecule has 0 aliphatic rings. The summed E-state index contributed by atoms with van der Waals surface area (Å²) in [5.74, 6) is 0.143. The summed E-state index contributed by atoms with van der Waals surface area (Å²) < 4.78 is 4.98. The van der Waals surface area contributed by atoms with Crippen molar-refractivity contribution >= 4 is 11.8 Å².